The molecule has 1 aliphatic heterocycles. The van der Waals surface area contributed by atoms with Gasteiger partial charge in [-0.3, -0.25) is 0 Å². The van der Waals surface area contributed by atoms with Crippen LogP contribution in [-0.2, 0) is 0 Å². The maximum Gasteiger partial charge on any atom is 0.122 e. The highest BCUT2D eigenvalue weighted by atomic mass is 16.5. The van der Waals surface area contributed by atoms with Crippen LogP contribution in [0.2, 0.25) is 0 Å². The Morgan fingerprint density at radius 1 is 1.33 bits per heavy atom. The second-order valence-electron chi connectivity index (χ2n) is 3.84. The molecule has 1 heterocycles. The van der Waals surface area contributed by atoms with Crippen LogP contribution in [0.3, 0.4) is 0 Å². The summed E-state index contributed by atoms with van der Waals surface area (Å²) in [7, 11) is 1.67. The fourth-order valence-electron chi connectivity index (χ4n) is 1.59. The van der Waals surface area contributed by atoms with Crippen molar-refractivity contribution in [2.45, 2.75) is 6.42 Å². The molecule has 82 valence electrons. The molecule has 1 aliphatic rings. The van der Waals surface area contributed by atoms with Gasteiger partial charge in [0, 0.05) is 6.07 Å². The van der Waals surface area contributed by atoms with Crippen molar-refractivity contribution in [2.75, 3.05) is 26.8 Å². The van der Waals surface area contributed by atoms with Gasteiger partial charge in [-0.2, -0.15) is 0 Å². The Bertz CT molecular complexity index is 310. The lowest BCUT2D eigenvalue weighted by Gasteiger charge is -2.26. The molecule has 0 saturated carbocycles. The minimum Gasteiger partial charge on any atom is -0.497 e. The highest BCUT2D eigenvalue weighted by Crippen LogP contribution is 2.19. The van der Waals surface area contributed by atoms with Crippen molar-refractivity contribution in [1.29, 1.82) is 0 Å². The predicted octanol–water partition coefficient (Wildman–Crippen LogP) is 1.68. The van der Waals surface area contributed by atoms with Gasteiger partial charge in [0.05, 0.1) is 13.7 Å². The maximum atomic E-state index is 5.65. The fraction of sp³-hybridized carbons (Fsp3) is 0.500. The predicted molar refractivity (Wildman–Crippen MR) is 59.5 cm³/mol. The first kappa shape index (κ1) is 10.3. The van der Waals surface area contributed by atoms with Crippen molar-refractivity contribution in [3.8, 4) is 11.5 Å². The fourth-order valence-corrected chi connectivity index (χ4v) is 1.59. The van der Waals surface area contributed by atoms with Crippen molar-refractivity contribution < 1.29 is 9.47 Å². The number of methoxy groups -OCH3 is 1. The van der Waals surface area contributed by atoms with Crippen molar-refractivity contribution in [3.63, 3.8) is 0 Å². The summed E-state index contributed by atoms with van der Waals surface area (Å²) in [4.78, 5) is 0. The van der Waals surface area contributed by atoms with Crippen LogP contribution in [0, 0.1) is 5.92 Å². The summed E-state index contributed by atoms with van der Waals surface area (Å²) < 4.78 is 10.8. The van der Waals surface area contributed by atoms with Crippen LogP contribution in [-0.4, -0.2) is 26.8 Å². The summed E-state index contributed by atoms with van der Waals surface area (Å²) in [5.74, 6) is 2.54. The van der Waals surface area contributed by atoms with Crippen LogP contribution in [0.15, 0.2) is 24.3 Å². The van der Waals surface area contributed by atoms with E-state index >= 15 is 0 Å². The average molecular weight is 207 g/mol. The smallest absolute Gasteiger partial charge is 0.122 e. The summed E-state index contributed by atoms with van der Waals surface area (Å²) in [6.07, 6.45) is 1.13. The van der Waals surface area contributed by atoms with Gasteiger partial charge in [0.15, 0.2) is 0 Å². The van der Waals surface area contributed by atoms with Crippen molar-refractivity contribution in [2.24, 2.45) is 5.92 Å². The van der Waals surface area contributed by atoms with Crippen LogP contribution >= 0.6 is 0 Å². The van der Waals surface area contributed by atoms with Gasteiger partial charge < -0.3 is 14.8 Å². The number of benzene rings is 1. The number of nitrogens with one attached hydrogen (secondary N) is 1. The first-order valence-corrected chi connectivity index (χ1v) is 5.36. The highest BCUT2D eigenvalue weighted by Gasteiger charge is 2.15. The number of ether oxygens (including phenoxy) is 2. The molecular weight excluding hydrogens is 190 g/mol. The Kier molecular flexibility index (Phi) is 3.45. The highest BCUT2D eigenvalue weighted by molar-refractivity contribution is 5.32. The second-order valence-corrected chi connectivity index (χ2v) is 3.84. The van der Waals surface area contributed by atoms with Gasteiger partial charge in [-0.1, -0.05) is 6.07 Å². The molecule has 15 heavy (non-hydrogen) atoms. The van der Waals surface area contributed by atoms with E-state index in [-0.39, 0.29) is 0 Å². The van der Waals surface area contributed by atoms with E-state index in [0.29, 0.717) is 0 Å². The lowest BCUT2D eigenvalue weighted by molar-refractivity contribution is 0.238. The zero-order valence-electron chi connectivity index (χ0n) is 9.03. The molecule has 0 aliphatic carbocycles. The third-order valence-corrected chi connectivity index (χ3v) is 2.70. The normalized spacial score (nSPS) is 15.8. The van der Waals surface area contributed by atoms with Crippen LogP contribution < -0.4 is 14.8 Å². The molecule has 1 aromatic carbocycles. The Hall–Kier alpha value is -1.22. The van der Waals surface area contributed by atoms with E-state index in [9.17, 15) is 0 Å². The summed E-state index contributed by atoms with van der Waals surface area (Å²) in [5.41, 5.74) is 0. The van der Waals surface area contributed by atoms with Gasteiger partial charge in [0.1, 0.15) is 11.5 Å². The van der Waals surface area contributed by atoms with E-state index in [1.807, 2.05) is 24.3 Å². The first-order valence-electron chi connectivity index (χ1n) is 5.36. The van der Waals surface area contributed by atoms with E-state index in [0.717, 1.165) is 43.5 Å². The summed E-state index contributed by atoms with van der Waals surface area (Å²) in [5, 5.41) is 3.25. The standard InChI is InChI=1S/C12H17NO2/c1-14-11-3-2-4-12(7-11)15-6-5-10-8-13-9-10/h2-4,7,10,13H,5-6,8-9H2,1H3. The van der Waals surface area contributed by atoms with Crippen LogP contribution in [0.5, 0.6) is 11.5 Å². The zero-order chi connectivity index (χ0) is 10.5. The van der Waals surface area contributed by atoms with Crippen LogP contribution in [0.25, 0.3) is 0 Å². The molecule has 0 radical (unpaired) electrons. The monoisotopic (exact) mass is 207 g/mol. The molecule has 1 fully saturated rings. The molecule has 0 atom stereocenters. The van der Waals surface area contributed by atoms with E-state index in [1.165, 1.54) is 0 Å². The van der Waals surface area contributed by atoms with E-state index in [2.05, 4.69) is 5.32 Å². The molecule has 1 saturated heterocycles. The van der Waals surface area contributed by atoms with Crippen molar-refractivity contribution >= 4 is 0 Å². The number of hydrogen-bond acceptors (Lipinski definition) is 3. The maximum absolute atomic E-state index is 5.65. The molecule has 1 N–H and O–H groups in total. The van der Waals surface area contributed by atoms with Crippen LogP contribution in [0.1, 0.15) is 6.42 Å². The van der Waals surface area contributed by atoms with Gasteiger partial charge in [-0.05, 0) is 37.6 Å². The molecule has 3 heteroatoms. The largest absolute Gasteiger partial charge is 0.497 e. The van der Waals surface area contributed by atoms with Gasteiger partial charge in [-0.15, -0.1) is 0 Å². The van der Waals surface area contributed by atoms with Crippen molar-refractivity contribution in [1.82, 2.24) is 5.32 Å². The minimum absolute atomic E-state index is 0.791. The Balaban J connectivity index is 1.76. The topological polar surface area (TPSA) is 30.5 Å². The van der Waals surface area contributed by atoms with E-state index < -0.39 is 0 Å². The van der Waals surface area contributed by atoms with Gasteiger partial charge >= 0.3 is 0 Å². The summed E-state index contributed by atoms with van der Waals surface area (Å²) in [6.45, 7) is 3.07. The Morgan fingerprint density at radius 2 is 2.13 bits per heavy atom. The Morgan fingerprint density at radius 3 is 2.80 bits per heavy atom. The molecule has 0 aromatic heterocycles. The molecule has 0 unspecified atom stereocenters. The molecule has 2 rings (SSSR count). The molecule has 0 spiro atoms. The van der Waals surface area contributed by atoms with Crippen LogP contribution in [0.4, 0.5) is 0 Å². The van der Waals surface area contributed by atoms with Gasteiger partial charge in [0.25, 0.3) is 0 Å². The minimum atomic E-state index is 0.791. The number of hydrogen-bond donors (Lipinski definition) is 1. The molecule has 3 nitrogen and oxygen atoms in total. The van der Waals surface area contributed by atoms with Gasteiger partial charge in [-0.25, -0.2) is 0 Å². The van der Waals surface area contributed by atoms with E-state index in [4.69, 9.17) is 9.47 Å². The average Bonchev–Trinajstić information content (AvgIpc) is 2.22. The second kappa shape index (κ2) is 5.03. The molecular formula is C12H17NO2. The zero-order valence-corrected chi connectivity index (χ0v) is 9.03. The van der Waals surface area contributed by atoms with Gasteiger partial charge in [0.2, 0.25) is 0 Å². The first-order chi connectivity index (χ1) is 7.38. The quantitative estimate of drug-likeness (QED) is 0.797. The van der Waals surface area contributed by atoms with Crippen molar-refractivity contribution in [3.05, 3.63) is 24.3 Å². The lowest BCUT2D eigenvalue weighted by atomic mass is 10.0. The third-order valence-electron chi connectivity index (χ3n) is 2.70. The summed E-state index contributed by atoms with van der Waals surface area (Å²) >= 11 is 0. The third kappa shape index (κ3) is 2.86. The lowest BCUT2D eigenvalue weighted by Crippen LogP contribution is -2.42. The summed E-state index contributed by atoms with van der Waals surface area (Å²) in [6, 6.07) is 7.74. The SMILES string of the molecule is COc1cccc(OCCC2CNC2)c1. The van der Waals surface area contributed by atoms with E-state index in [1.54, 1.807) is 7.11 Å². The molecule has 0 amide bonds. The Labute approximate surface area is 90.4 Å². The number of rotatable bonds is 5. The molecule has 1 aromatic rings. The molecule has 0 bridgehead atoms.